The third kappa shape index (κ3) is 5.58. The number of anilines is 2. The van der Waals surface area contributed by atoms with Crippen molar-refractivity contribution in [2.75, 3.05) is 17.2 Å². The average Bonchev–Trinajstić information content (AvgIpc) is 2.49. The van der Waals surface area contributed by atoms with E-state index in [0.717, 1.165) is 4.47 Å². The second-order valence-electron chi connectivity index (χ2n) is 4.67. The molecule has 2 N–H and O–H groups in total. The van der Waals surface area contributed by atoms with Gasteiger partial charge in [-0.15, -0.1) is 0 Å². The minimum atomic E-state index is -0.352. The molecule has 2 aromatic rings. The van der Waals surface area contributed by atoms with Gasteiger partial charge in [-0.2, -0.15) is 0 Å². The van der Waals surface area contributed by atoms with Crippen molar-refractivity contribution in [3.8, 4) is 5.75 Å². The molecule has 0 fully saturated rings. The molecule has 2 aromatic carbocycles. The lowest BCUT2D eigenvalue weighted by molar-refractivity contribution is -0.118. The summed E-state index contributed by atoms with van der Waals surface area (Å²) < 4.78 is 6.31. The van der Waals surface area contributed by atoms with Crippen molar-refractivity contribution in [3.63, 3.8) is 0 Å². The molecule has 0 bridgehead atoms. The number of halogens is 2. The van der Waals surface area contributed by atoms with E-state index < -0.39 is 0 Å². The Kier molecular flexibility index (Phi) is 6.01. The maximum atomic E-state index is 11.9. The van der Waals surface area contributed by atoms with Crippen LogP contribution in [0.2, 0.25) is 5.02 Å². The smallest absolute Gasteiger partial charge is 0.262 e. The lowest BCUT2D eigenvalue weighted by Gasteiger charge is -2.11. The topological polar surface area (TPSA) is 67.4 Å². The molecule has 0 radical (unpaired) electrons. The van der Waals surface area contributed by atoms with Gasteiger partial charge in [0.25, 0.3) is 5.91 Å². The fourth-order valence-electron chi connectivity index (χ4n) is 1.77. The van der Waals surface area contributed by atoms with Gasteiger partial charge in [-0.3, -0.25) is 9.59 Å². The number of ether oxygens (including phenoxy) is 1. The molecule has 7 heteroatoms. The number of carbonyl (C=O) groups is 2. The number of benzene rings is 2. The Morgan fingerprint density at radius 3 is 2.48 bits per heavy atom. The van der Waals surface area contributed by atoms with Crippen LogP contribution in [0, 0.1) is 0 Å². The van der Waals surface area contributed by atoms with E-state index in [0.29, 0.717) is 22.1 Å². The van der Waals surface area contributed by atoms with Gasteiger partial charge in [0.05, 0.1) is 10.7 Å². The number of amides is 2. The zero-order valence-electron chi connectivity index (χ0n) is 12.2. The predicted molar refractivity (Wildman–Crippen MR) is 94.0 cm³/mol. The normalized spacial score (nSPS) is 10.0. The highest BCUT2D eigenvalue weighted by Crippen LogP contribution is 2.25. The second-order valence-corrected chi connectivity index (χ2v) is 5.99. The summed E-state index contributed by atoms with van der Waals surface area (Å²) in [6.07, 6.45) is 0. The number of hydrogen-bond acceptors (Lipinski definition) is 3. The van der Waals surface area contributed by atoms with Crippen LogP contribution >= 0.6 is 27.5 Å². The van der Waals surface area contributed by atoms with Crippen molar-refractivity contribution in [2.24, 2.45) is 0 Å². The minimum absolute atomic E-state index is 0.150. The molecule has 0 saturated heterocycles. The van der Waals surface area contributed by atoms with Gasteiger partial charge in [-0.25, -0.2) is 0 Å². The third-order valence-electron chi connectivity index (χ3n) is 2.74. The van der Waals surface area contributed by atoms with Crippen LogP contribution in [0.3, 0.4) is 0 Å². The number of rotatable bonds is 5. The summed E-state index contributed by atoms with van der Waals surface area (Å²) in [5.41, 5.74) is 0.952. The van der Waals surface area contributed by atoms with Crippen molar-refractivity contribution in [1.29, 1.82) is 0 Å². The molecular weight excluding hydrogens is 384 g/mol. The van der Waals surface area contributed by atoms with E-state index in [4.69, 9.17) is 16.3 Å². The molecule has 0 atom stereocenters. The lowest BCUT2D eigenvalue weighted by atomic mass is 10.2. The summed E-state index contributed by atoms with van der Waals surface area (Å²) in [5, 5.41) is 5.64. The van der Waals surface area contributed by atoms with E-state index in [1.165, 1.54) is 6.92 Å². The third-order valence-corrected chi connectivity index (χ3v) is 3.60. The molecule has 23 heavy (non-hydrogen) atoms. The van der Waals surface area contributed by atoms with Crippen molar-refractivity contribution < 1.29 is 14.3 Å². The first kappa shape index (κ1) is 17.3. The van der Waals surface area contributed by atoms with Crippen LogP contribution in [-0.2, 0) is 9.59 Å². The van der Waals surface area contributed by atoms with Crippen LogP contribution in [-0.4, -0.2) is 18.4 Å². The molecule has 0 aromatic heterocycles. The molecule has 0 heterocycles. The molecule has 0 saturated carbocycles. The maximum Gasteiger partial charge on any atom is 0.262 e. The van der Waals surface area contributed by atoms with Gasteiger partial charge >= 0.3 is 0 Å². The van der Waals surface area contributed by atoms with Gasteiger partial charge in [0.2, 0.25) is 5.91 Å². The van der Waals surface area contributed by atoms with Crippen molar-refractivity contribution in [1.82, 2.24) is 0 Å². The van der Waals surface area contributed by atoms with Crippen molar-refractivity contribution >= 4 is 50.7 Å². The van der Waals surface area contributed by atoms with Crippen LogP contribution in [0.4, 0.5) is 11.4 Å². The van der Waals surface area contributed by atoms with Crippen LogP contribution in [0.25, 0.3) is 0 Å². The molecule has 120 valence electrons. The highest BCUT2D eigenvalue weighted by molar-refractivity contribution is 9.10. The van der Waals surface area contributed by atoms with Gasteiger partial charge in [0, 0.05) is 17.1 Å². The van der Waals surface area contributed by atoms with Gasteiger partial charge in [0.1, 0.15) is 5.75 Å². The molecular formula is C16H14BrClN2O3. The van der Waals surface area contributed by atoms with Gasteiger partial charge < -0.3 is 15.4 Å². The van der Waals surface area contributed by atoms with Crippen molar-refractivity contribution in [2.45, 2.75) is 6.92 Å². The highest BCUT2D eigenvalue weighted by Gasteiger charge is 2.08. The first-order valence-electron chi connectivity index (χ1n) is 6.69. The van der Waals surface area contributed by atoms with E-state index in [-0.39, 0.29) is 18.4 Å². The Balaban J connectivity index is 1.96. The van der Waals surface area contributed by atoms with Gasteiger partial charge in [0.15, 0.2) is 6.61 Å². The largest absolute Gasteiger partial charge is 0.484 e. The van der Waals surface area contributed by atoms with Crippen molar-refractivity contribution in [3.05, 3.63) is 52.0 Å². The Labute approximate surface area is 147 Å². The first-order chi connectivity index (χ1) is 10.9. The number of hydrogen-bond donors (Lipinski definition) is 2. The minimum Gasteiger partial charge on any atom is -0.484 e. The Morgan fingerprint density at radius 2 is 1.83 bits per heavy atom. The summed E-state index contributed by atoms with van der Waals surface area (Å²) in [6, 6.07) is 12.0. The Hall–Kier alpha value is -2.05. The van der Waals surface area contributed by atoms with Crippen LogP contribution in [0.1, 0.15) is 6.92 Å². The van der Waals surface area contributed by atoms with E-state index >= 15 is 0 Å². The molecule has 2 amide bonds. The molecule has 5 nitrogen and oxygen atoms in total. The van der Waals surface area contributed by atoms with Crippen LogP contribution < -0.4 is 15.4 Å². The predicted octanol–water partition coefficient (Wildman–Crippen LogP) is 4.08. The van der Waals surface area contributed by atoms with Gasteiger partial charge in [-0.1, -0.05) is 27.5 Å². The molecule has 0 aliphatic heterocycles. The molecule has 2 rings (SSSR count). The average molecular weight is 398 g/mol. The highest BCUT2D eigenvalue weighted by atomic mass is 79.9. The maximum absolute atomic E-state index is 11.9. The first-order valence-corrected chi connectivity index (χ1v) is 7.86. The Bertz CT molecular complexity index is 720. The zero-order valence-corrected chi connectivity index (χ0v) is 14.6. The van der Waals surface area contributed by atoms with E-state index in [9.17, 15) is 9.59 Å². The van der Waals surface area contributed by atoms with E-state index in [2.05, 4.69) is 26.6 Å². The lowest BCUT2D eigenvalue weighted by Crippen LogP contribution is -2.20. The summed E-state index contributed by atoms with van der Waals surface area (Å²) in [6.45, 7) is 1.25. The fraction of sp³-hybridized carbons (Fsp3) is 0.125. The summed E-state index contributed by atoms with van der Waals surface area (Å²) in [4.78, 5) is 23.0. The molecule has 0 unspecified atom stereocenters. The summed E-state index contributed by atoms with van der Waals surface area (Å²) >= 11 is 9.36. The Morgan fingerprint density at radius 1 is 1.13 bits per heavy atom. The number of carbonyl (C=O) groups excluding carboxylic acids is 2. The van der Waals surface area contributed by atoms with Crippen LogP contribution in [0.5, 0.6) is 5.75 Å². The molecule has 0 spiro atoms. The molecule has 0 aliphatic rings. The quantitative estimate of drug-likeness (QED) is 0.799. The number of nitrogens with one attached hydrogen (secondary N) is 2. The standard InChI is InChI=1S/C16H14BrClN2O3/c1-10(21)19-12-4-7-14(18)15(8-12)20-16(22)9-23-13-5-2-11(17)3-6-13/h2-8H,9H2,1H3,(H,19,21)(H,20,22). The SMILES string of the molecule is CC(=O)Nc1ccc(Cl)c(NC(=O)COc2ccc(Br)cc2)c1. The van der Waals surface area contributed by atoms with Gasteiger partial charge in [-0.05, 0) is 42.5 Å². The summed E-state index contributed by atoms with van der Waals surface area (Å²) in [7, 11) is 0. The fourth-order valence-corrected chi connectivity index (χ4v) is 2.20. The summed E-state index contributed by atoms with van der Waals surface area (Å²) in [5.74, 6) is 0.0272. The molecule has 0 aliphatic carbocycles. The van der Waals surface area contributed by atoms with E-state index in [1.54, 1.807) is 30.3 Å². The monoisotopic (exact) mass is 396 g/mol. The van der Waals surface area contributed by atoms with E-state index in [1.807, 2.05) is 12.1 Å². The van der Waals surface area contributed by atoms with Crippen LogP contribution in [0.15, 0.2) is 46.9 Å². The zero-order chi connectivity index (χ0) is 16.8. The second kappa shape index (κ2) is 7.99.